The Bertz CT molecular complexity index is 1720. The maximum absolute atomic E-state index is 14.5. The number of hydrogen-bond acceptors (Lipinski definition) is 6. The smallest absolute Gasteiger partial charge is 0.416 e. The number of phenolic OH excluding ortho intramolecular Hbond substituents is 1. The van der Waals surface area contributed by atoms with Crippen LogP contribution in [0.5, 0.6) is 5.75 Å². The highest BCUT2D eigenvalue weighted by atomic mass is 32.1. The predicted molar refractivity (Wildman–Crippen MR) is 170 cm³/mol. The fourth-order valence-electron chi connectivity index (χ4n) is 6.66. The van der Waals surface area contributed by atoms with E-state index in [1.807, 2.05) is 25.1 Å². The van der Waals surface area contributed by atoms with Gasteiger partial charge < -0.3 is 20.2 Å². The minimum atomic E-state index is -4.59. The molecule has 1 fully saturated rings. The predicted octanol–water partition coefficient (Wildman–Crippen LogP) is 8.50. The number of rotatable bonds is 4. The minimum absolute atomic E-state index is 0.0645. The van der Waals surface area contributed by atoms with Crippen molar-refractivity contribution in [1.29, 1.82) is 0 Å². The highest BCUT2D eigenvalue weighted by Crippen LogP contribution is 2.57. The number of alkyl halides is 3. The molecule has 0 atom stereocenters. The highest BCUT2D eigenvalue weighted by Gasteiger charge is 2.52. The molecule has 6 rings (SSSR count). The number of para-hydroxylation sites is 2. The Morgan fingerprint density at radius 3 is 2.48 bits per heavy atom. The fraction of sp³-hybridized carbons (Fsp3) is 0.394. The van der Waals surface area contributed by atoms with Crippen LogP contribution in [0.25, 0.3) is 10.2 Å². The number of halogens is 3. The van der Waals surface area contributed by atoms with Gasteiger partial charge in [-0.2, -0.15) is 13.2 Å². The van der Waals surface area contributed by atoms with Gasteiger partial charge in [0, 0.05) is 18.5 Å². The zero-order chi connectivity index (χ0) is 31.4. The van der Waals surface area contributed by atoms with E-state index >= 15 is 0 Å². The topological polar surface area (TPSA) is 80.7 Å². The van der Waals surface area contributed by atoms with Gasteiger partial charge in [-0.3, -0.25) is 5.32 Å². The molecule has 3 aromatic carbocycles. The number of piperidine rings is 1. The van der Waals surface area contributed by atoms with E-state index in [1.54, 1.807) is 29.2 Å². The van der Waals surface area contributed by atoms with E-state index in [0.717, 1.165) is 34.5 Å². The largest absolute Gasteiger partial charge is 0.506 e. The number of phenols is 1. The summed E-state index contributed by atoms with van der Waals surface area (Å²) < 4.78 is 44.5. The number of carbonyl (C=O) groups is 1. The number of likely N-dealkylation sites (tertiary alicyclic amines) is 1. The van der Waals surface area contributed by atoms with Gasteiger partial charge in [0.05, 0.1) is 32.8 Å². The lowest BCUT2D eigenvalue weighted by Crippen LogP contribution is -2.47. The third kappa shape index (κ3) is 5.82. The third-order valence-corrected chi connectivity index (χ3v) is 9.38. The molecule has 2 aliphatic rings. The monoisotopic (exact) mass is 623 g/mol. The van der Waals surface area contributed by atoms with Crippen LogP contribution in [-0.4, -0.2) is 47.2 Å². The van der Waals surface area contributed by atoms with E-state index in [2.05, 4.69) is 41.3 Å². The molecule has 2 amide bonds. The molecule has 0 unspecified atom stereocenters. The molecule has 1 saturated heterocycles. The summed E-state index contributed by atoms with van der Waals surface area (Å²) in [5.41, 5.74) is 1.61. The molecule has 0 radical (unpaired) electrons. The number of amides is 2. The molecule has 3 N–H and O–H groups in total. The van der Waals surface area contributed by atoms with Gasteiger partial charge in [0.2, 0.25) is 0 Å². The van der Waals surface area contributed by atoms with Crippen molar-refractivity contribution in [2.45, 2.75) is 52.1 Å². The maximum Gasteiger partial charge on any atom is 0.416 e. The van der Waals surface area contributed by atoms with Crippen LogP contribution in [0.2, 0.25) is 0 Å². The van der Waals surface area contributed by atoms with Crippen LogP contribution >= 0.6 is 11.3 Å². The van der Waals surface area contributed by atoms with Crippen molar-refractivity contribution >= 4 is 49.8 Å². The minimum Gasteiger partial charge on any atom is -0.506 e. The van der Waals surface area contributed by atoms with Crippen molar-refractivity contribution in [3.8, 4) is 5.75 Å². The second kappa shape index (κ2) is 11.0. The summed E-state index contributed by atoms with van der Waals surface area (Å²) in [5.74, 6) is -0.217. The Morgan fingerprint density at radius 2 is 1.77 bits per heavy atom. The molecule has 0 bridgehead atoms. The number of hydrogen-bond donors (Lipinski definition) is 3. The Hall–Kier alpha value is -3.83. The molecular weight excluding hydrogens is 587 g/mol. The zero-order valence-corrected chi connectivity index (χ0v) is 26.0. The second-order valence-electron chi connectivity index (χ2n) is 13.1. The number of fused-ring (bicyclic) bond motifs is 3. The van der Waals surface area contributed by atoms with Gasteiger partial charge in [0.25, 0.3) is 0 Å². The third-order valence-electron chi connectivity index (χ3n) is 8.44. The quantitative estimate of drug-likeness (QED) is 0.212. The summed E-state index contributed by atoms with van der Waals surface area (Å²) in [6.07, 6.45) is -3.55. The van der Waals surface area contributed by atoms with Crippen molar-refractivity contribution in [2.75, 3.05) is 41.7 Å². The number of nitrogens with one attached hydrogen (secondary N) is 2. The molecular formula is C33H36F3N5O2S. The van der Waals surface area contributed by atoms with Crippen LogP contribution in [0.3, 0.4) is 0 Å². The Morgan fingerprint density at radius 1 is 1.05 bits per heavy atom. The standard InChI is InChI=1S/C33H36F3N5O2S/c1-20-9-11-23-26(17-20)44-30(38-23)39-29(43)37-22-7-5-6-8-24(22)41-19-32(13-15-40(16-14-32)18-31(2,3)4)27-21(33(34,35)36)10-12-25(42)28(27)41/h5-12,17,42H,13-16,18-19H2,1-4H3,(H2,37,38,39,43). The number of benzene rings is 3. The molecule has 3 heterocycles. The lowest BCUT2D eigenvalue weighted by Gasteiger charge is -2.42. The van der Waals surface area contributed by atoms with Gasteiger partial charge in [0.15, 0.2) is 5.13 Å². The second-order valence-corrected chi connectivity index (χ2v) is 14.2. The molecule has 11 heteroatoms. The SMILES string of the molecule is Cc1ccc2nc(NC(=O)Nc3ccccc3N3CC4(CCN(CC(C)(C)C)CC4)c4c(C(F)(F)F)ccc(O)c43)sc2c1. The average molecular weight is 624 g/mol. The van der Waals surface area contributed by atoms with Crippen molar-refractivity contribution in [1.82, 2.24) is 9.88 Å². The number of aryl methyl sites for hydroxylation is 1. The maximum atomic E-state index is 14.5. The summed E-state index contributed by atoms with van der Waals surface area (Å²) in [6.45, 7) is 10.9. The number of aromatic hydroxyl groups is 1. The Labute approximate surface area is 258 Å². The normalized spacial score (nSPS) is 16.8. The lowest BCUT2D eigenvalue weighted by atomic mass is 9.72. The number of aromatic nitrogens is 1. The summed E-state index contributed by atoms with van der Waals surface area (Å²) in [6, 6.07) is 14.4. The molecule has 1 spiro atoms. The molecule has 2 aliphatic heterocycles. The first-order chi connectivity index (χ1) is 20.7. The van der Waals surface area contributed by atoms with Crippen molar-refractivity contribution < 1.29 is 23.1 Å². The first kappa shape index (κ1) is 30.2. The zero-order valence-electron chi connectivity index (χ0n) is 25.2. The van der Waals surface area contributed by atoms with Crippen LogP contribution in [0.4, 0.5) is 40.2 Å². The molecule has 232 valence electrons. The van der Waals surface area contributed by atoms with E-state index in [1.165, 1.54) is 11.3 Å². The molecule has 4 aromatic rings. The van der Waals surface area contributed by atoms with Gasteiger partial charge in [-0.1, -0.05) is 50.3 Å². The summed E-state index contributed by atoms with van der Waals surface area (Å²) in [7, 11) is 0. The van der Waals surface area contributed by atoms with Gasteiger partial charge in [-0.15, -0.1) is 0 Å². The molecule has 44 heavy (non-hydrogen) atoms. The number of nitrogens with zero attached hydrogens (tertiary/aromatic N) is 3. The summed E-state index contributed by atoms with van der Waals surface area (Å²) >= 11 is 1.36. The molecule has 0 aliphatic carbocycles. The van der Waals surface area contributed by atoms with Crippen LogP contribution in [0.1, 0.15) is 50.3 Å². The molecule has 0 saturated carbocycles. The fourth-order valence-corrected chi connectivity index (χ4v) is 7.62. The van der Waals surface area contributed by atoms with Gasteiger partial charge in [-0.05, 0) is 85.8 Å². The van der Waals surface area contributed by atoms with E-state index < -0.39 is 23.2 Å². The van der Waals surface area contributed by atoms with Crippen LogP contribution < -0.4 is 15.5 Å². The summed E-state index contributed by atoms with van der Waals surface area (Å²) in [4.78, 5) is 21.7. The van der Waals surface area contributed by atoms with Crippen LogP contribution in [-0.2, 0) is 11.6 Å². The number of carbonyl (C=O) groups excluding carboxylic acids is 1. The van der Waals surface area contributed by atoms with Gasteiger partial charge >= 0.3 is 12.2 Å². The van der Waals surface area contributed by atoms with Crippen molar-refractivity contribution in [2.24, 2.45) is 5.41 Å². The lowest BCUT2D eigenvalue weighted by molar-refractivity contribution is -0.138. The summed E-state index contributed by atoms with van der Waals surface area (Å²) in [5, 5.41) is 17.2. The van der Waals surface area contributed by atoms with E-state index in [9.17, 15) is 23.1 Å². The van der Waals surface area contributed by atoms with Crippen molar-refractivity contribution in [3.05, 3.63) is 71.3 Å². The van der Waals surface area contributed by atoms with Crippen LogP contribution in [0, 0.1) is 12.3 Å². The van der Waals surface area contributed by atoms with E-state index in [0.29, 0.717) is 42.4 Å². The number of anilines is 4. The first-order valence-electron chi connectivity index (χ1n) is 14.7. The van der Waals surface area contributed by atoms with Crippen LogP contribution in [0.15, 0.2) is 54.6 Å². The Balaban J connectivity index is 1.33. The van der Waals surface area contributed by atoms with Gasteiger partial charge in [-0.25, -0.2) is 9.78 Å². The highest BCUT2D eigenvalue weighted by molar-refractivity contribution is 7.22. The van der Waals surface area contributed by atoms with Gasteiger partial charge in [0.1, 0.15) is 5.75 Å². The van der Waals surface area contributed by atoms with E-state index in [-0.39, 0.29) is 29.0 Å². The number of urea groups is 1. The Kier molecular flexibility index (Phi) is 7.52. The molecule has 7 nitrogen and oxygen atoms in total. The van der Waals surface area contributed by atoms with Crippen molar-refractivity contribution in [3.63, 3.8) is 0 Å². The van der Waals surface area contributed by atoms with E-state index in [4.69, 9.17) is 0 Å². The molecule has 1 aromatic heterocycles. The average Bonchev–Trinajstić information content (AvgIpc) is 3.48. The number of thiazole rings is 1. The first-order valence-corrected chi connectivity index (χ1v) is 15.5.